The first-order chi connectivity index (χ1) is 11.4. The third-order valence-electron chi connectivity index (χ3n) is 3.27. The molecular formula is C15H11F6NO3. The highest BCUT2D eigenvalue weighted by molar-refractivity contribution is 5.73. The van der Waals surface area contributed by atoms with Gasteiger partial charge in [-0.2, -0.15) is 26.3 Å². The van der Waals surface area contributed by atoms with Gasteiger partial charge in [0.15, 0.2) is 0 Å². The highest BCUT2D eigenvalue weighted by atomic mass is 19.4. The smallest absolute Gasteiger partial charge is 0.416 e. The van der Waals surface area contributed by atoms with Gasteiger partial charge in [0.25, 0.3) is 0 Å². The quantitative estimate of drug-likeness (QED) is 0.803. The Labute approximate surface area is 136 Å². The number of halogens is 6. The van der Waals surface area contributed by atoms with E-state index in [0.717, 1.165) is 6.07 Å². The molecule has 0 radical (unpaired) electrons. The molecule has 0 spiro atoms. The van der Waals surface area contributed by atoms with E-state index in [0.29, 0.717) is 12.1 Å². The number of benzene rings is 1. The van der Waals surface area contributed by atoms with Crippen molar-refractivity contribution < 1.29 is 40.7 Å². The van der Waals surface area contributed by atoms with E-state index >= 15 is 0 Å². The summed E-state index contributed by atoms with van der Waals surface area (Å²) in [4.78, 5) is 10.7. The van der Waals surface area contributed by atoms with Crippen LogP contribution in [-0.4, -0.2) is 17.1 Å². The molecule has 4 nitrogen and oxygen atoms in total. The van der Waals surface area contributed by atoms with E-state index in [2.05, 4.69) is 0 Å². The van der Waals surface area contributed by atoms with Crippen LogP contribution in [-0.2, 0) is 23.6 Å². The first-order valence-corrected chi connectivity index (χ1v) is 6.75. The Bertz CT molecular complexity index is 746. The lowest BCUT2D eigenvalue weighted by Crippen LogP contribution is -2.32. The Balaban J connectivity index is 2.45. The molecule has 0 fully saturated rings. The third-order valence-corrected chi connectivity index (χ3v) is 3.27. The van der Waals surface area contributed by atoms with Gasteiger partial charge in [0.1, 0.15) is 17.6 Å². The number of alkyl halides is 6. The molecule has 0 saturated heterocycles. The Morgan fingerprint density at radius 2 is 1.56 bits per heavy atom. The van der Waals surface area contributed by atoms with Crippen molar-refractivity contribution in [2.24, 2.45) is 5.73 Å². The largest absolute Gasteiger partial charge is 0.480 e. The minimum atomic E-state index is -4.98. The number of carbonyl (C=O) groups is 1. The van der Waals surface area contributed by atoms with Crippen molar-refractivity contribution in [2.45, 2.75) is 24.8 Å². The number of nitrogens with two attached hydrogens (primary N) is 1. The van der Waals surface area contributed by atoms with Crippen molar-refractivity contribution in [3.05, 3.63) is 47.2 Å². The molecule has 136 valence electrons. The van der Waals surface area contributed by atoms with E-state index in [4.69, 9.17) is 15.3 Å². The topological polar surface area (TPSA) is 76.5 Å². The van der Waals surface area contributed by atoms with Gasteiger partial charge >= 0.3 is 18.3 Å². The zero-order chi connectivity index (χ0) is 19.0. The Hall–Kier alpha value is -2.49. The Morgan fingerprint density at radius 1 is 1.04 bits per heavy atom. The molecule has 3 N–H and O–H groups in total. The minimum Gasteiger partial charge on any atom is -0.480 e. The van der Waals surface area contributed by atoms with Crippen LogP contribution in [0.2, 0.25) is 0 Å². The molecule has 1 atom stereocenters. The molecule has 10 heteroatoms. The van der Waals surface area contributed by atoms with Crippen LogP contribution >= 0.6 is 0 Å². The SMILES string of the molecule is NC(Cc1ccc(-c2cc(C(F)(F)F)cc(C(F)(F)F)c2)o1)C(=O)O. The number of carboxylic acid groups (broad SMARTS) is 1. The average Bonchev–Trinajstić information content (AvgIpc) is 2.93. The van der Waals surface area contributed by atoms with E-state index in [1.807, 2.05) is 0 Å². The standard InChI is InChI=1S/C15H11F6NO3/c16-14(17,18)8-3-7(4-9(5-8)15(19,20)21)12-2-1-10(25-12)6-11(22)13(23)24/h1-5,11H,6,22H2,(H,23,24). The van der Waals surface area contributed by atoms with Gasteiger partial charge in [-0.25, -0.2) is 0 Å². The van der Waals surface area contributed by atoms with Crippen LogP contribution in [0.25, 0.3) is 11.3 Å². The molecule has 0 aliphatic rings. The van der Waals surface area contributed by atoms with Gasteiger partial charge in [0, 0.05) is 12.0 Å². The van der Waals surface area contributed by atoms with Crippen LogP contribution in [0, 0.1) is 0 Å². The Kier molecular flexibility index (Phi) is 4.85. The monoisotopic (exact) mass is 367 g/mol. The van der Waals surface area contributed by atoms with Crippen molar-refractivity contribution in [1.82, 2.24) is 0 Å². The molecule has 1 aromatic carbocycles. The van der Waals surface area contributed by atoms with Crippen molar-refractivity contribution in [3.8, 4) is 11.3 Å². The summed E-state index contributed by atoms with van der Waals surface area (Å²) in [5.74, 6) is -1.56. The Morgan fingerprint density at radius 3 is 2.00 bits per heavy atom. The second-order valence-corrected chi connectivity index (χ2v) is 5.21. The summed E-state index contributed by atoms with van der Waals surface area (Å²) in [5.41, 5.74) is 1.92. The number of rotatable bonds is 4. The van der Waals surface area contributed by atoms with E-state index < -0.39 is 41.1 Å². The molecule has 1 unspecified atom stereocenters. The van der Waals surface area contributed by atoms with Crippen molar-refractivity contribution in [1.29, 1.82) is 0 Å². The maximum Gasteiger partial charge on any atom is 0.416 e. The molecule has 1 aromatic heterocycles. The second kappa shape index (κ2) is 6.43. The lowest BCUT2D eigenvalue weighted by molar-refractivity contribution is -0.143. The fourth-order valence-electron chi connectivity index (χ4n) is 2.04. The van der Waals surface area contributed by atoms with Gasteiger partial charge in [-0.1, -0.05) is 0 Å². The summed E-state index contributed by atoms with van der Waals surface area (Å²) in [6, 6.07) is 2.13. The van der Waals surface area contributed by atoms with E-state index in [1.165, 1.54) is 6.07 Å². The predicted octanol–water partition coefficient (Wildman–Crippen LogP) is 3.94. The van der Waals surface area contributed by atoms with Crippen LogP contribution in [0.15, 0.2) is 34.7 Å². The molecule has 2 rings (SSSR count). The maximum absolute atomic E-state index is 12.8. The first kappa shape index (κ1) is 18.8. The zero-order valence-corrected chi connectivity index (χ0v) is 12.3. The fourth-order valence-corrected chi connectivity index (χ4v) is 2.04. The number of hydrogen-bond donors (Lipinski definition) is 2. The molecule has 25 heavy (non-hydrogen) atoms. The van der Waals surface area contributed by atoms with Gasteiger partial charge in [-0.3, -0.25) is 4.79 Å². The van der Waals surface area contributed by atoms with Crippen LogP contribution in [0.1, 0.15) is 16.9 Å². The van der Waals surface area contributed by atoms with Crippen LogP contribution in [0.3, 0.4) is 0 Å². The first-order valence-electron chi connectivity index (χ1n) is 6.75. The number of aliphatic carboxylic acids is 1. The molecule has 0 aliphatic carbocycles. The number of carboxylic acids is 1. The highest BCUT2D eigenvalue weighted by Crippen LogP contribution is 2.38. The predicted molar refractivity (Wildman–Crippen MR) is 73.5 cm³/mol. The highest BCUT2D eigenvalue weighted by Gasteiger charge is 2.37. The summed E-state index contributed by atoms with van der Waals surface area (Å²) in [5, 5.41) is 8.70. The lowest BCUT2D eigenvalue weighted by atomic mass is 10.0. The van der Waals surface area contributed by atoms with Gasteiger partial charge in [-0.15, -0.1) is 0 Å². The van der Waals surface area contributed by atoms with Crippen molar-refractivity contribution in [3.63, 3.8) is 0 Å². The minimum absolute atomic E-state index is 0.00763. The zero-order valence-electron chi connectivity index (χ0n) is 12.3. The summed E-state index contributed by atoms with van der Waals surface area (Å²) in [7, 11) is 0. The molecule has 0 aliphatic heterocycles. The maximum atomic E-state index is 12.8. The molecule has 0 saturated carbocycles. The van der Waals surface area contributed by atoms with Crippen LogP contribution < -0.4 is 5.73 Å². The van der Waals surface area contributed by atoms with Crippen molar-refractivity contribution in [2.75, 3.05) is 0 Å². The number of hydrogen-bond acceptors (Lipinski definition) is 3. The lowest BCUT2D eigenvalue weighted by Gasteiger charge is -2.13. The summed E-state index contributed by atoms with van der Waals surface area (Å²) in [6.45, 7) is 0. The number of furan rings is 1. The van der Waals surface area contributed by atoms with E-state index in [1.54, 1.807) is 0 Å². The molecular weight excluding hydrogens is 356 g/mol. The second-order valence-electron chi connectivity index (χ2n) is 5.21. The van der Waals surface area contributed by atoms with Gasteiger partial charge < -0.3 is 15.3 Å². The summed E-state index contributed by atoms with van der Waals surface area (Å²) < 4.78 is 82.2. The van der Waals surface area contributed by atoms with Gasteiger partial charge in [-0.05, 0) is 30.3 Å². The van der Waals surface area contributed by atoms with Gasteiger partial charge in [0.05, 0.1) is 11.1 Å². The van der Waals surface area contributed by atoms with E-state index in [-0.39, 0.29) is 24.0 Å². The fraction of sp³-hybridized carbons (Fsp3) is 0.267. The average molecular weight is 367 g/mol. The molecule has 0 bridgehead atoms. The molecule has 2 aromatic rings. The third kappa shape index (κ3) is 4.53. The summed E-state index contributed by atoms with van der Waals surface area (Å²) >= 11 is 0. The molecule has 0 amide bonds. The van der Waals surface area contributed by atoms with Crippen molar-refractivity contribution >= 4 is 5.97 Å². The normalized spacial score (nSPS) is 13.7. The van der Waals surface area contributed by atoms with E-state index in [9.17, 15) is 31.1 Å². The van der Waals surface area contributed by atoms with Crippen LogP contribution in [0.4, 0.5) is 26.3 Å². The van der Waals surface area contributed by atoms with Gasteiger partial charge in [0.2, 0.25) is 0 Å². The summed E-state index contributed by atoms with van der Waals surface area (Å²) in [6.07, 6.45) is -10.2. The van der Waals surface area contributed by atoms with Crippen LogP contribution in [0.5, 0.6) is 0 Å². The molecule has 1 heterocycles.